The maximum atomic E-state index is 11.1. The van der Waals surface area contributed by atoms with E-state index in [-0.39, 0.29) is 5.97 Å². The second-order valence-electron chi connectivity index (χ2n) is 4.44. The average molecular weight is 246 g/mol. The van der Waals surface area contributed by atoms with Gasteiger partial charge >= 0.3 is 5.97 Å². The zero-order chi connectivity index (χ0) is 13.2. The summed E-state index contributed by atoms with van der Waals surface area (Å²) < 4.78 is 4.83. The van der Waals surface area contributed by atoms with E-state index in [1.54, 1.807) is 0 Å². The summed E-state index contributed by atoms with van der Waals surface area (Å²) in [6.07, 6.45) is 18.1. The van der Waals surface area contributed by atoms with Gasteiger partial charge in [-0.05, 0) is 31.6 Å². The third kappa shape index (κ3) is 5.67. The summed E-state index contributed by atoms with van der Waals surface area (Å²) in [6.45, 7) is 4.49. The van der Waals surface area contributed by atoms with Gasteiger partial charge in [0.25, 0.3) is 0 Å². The molecule has 98 valence electrons. The minimum absolute atomic E-state index is 0.247. The summed E-state index contributed by atoms with van der Waals surface area (Å²) in [5, 5.41) is 0. The summed E-state index contributed by atoms with van der Waals surface area (Å²) in [6, 6.07) is 0. The Balaban J connectivity index is 2.28. The van der Waals surface area contributed by atoms with Crippen LogP contribution in [0.25, 0.3) is 0 Å². The van der Waals surface area contributed by atoms with E-state index >= 15 is 0 Å². The fraction of sp³-hybridized carbons (Fsp3) is 0.438. The van der Waals surface area contributed by atoms with Crippen molar-refractivity contribution in [3.05, 3.63) is 48.6 Å². The van der Waals surface area contributed by atoms with E-state index in [9.17, 15) is 4.79 Å². The second kappa shape index (κ2) is 8.51. The Labute approximate surface area is 110 Å². The van der Waals surface area contributed by atoms with Gasteiger partial charge in [0.1, 0.15) is 0 Å². The largest absolute Gasteiger partial charge is 0.463 e. The predicted octanol–water partition coefficient (Wildman–Crippen LogP) is 3.82. The number of carbonyl (C=O) groups is 1. The SMILES string of the molecule is CCOC(=O)/C=C/CCC(C)C1C=CC=CC=C1. The topological polar surface area (TPSA) is 26.3 Å². The molecule has 0 amide bonds. The van der Waals surface area contributed by atoms with Gasteiger partial charge in [0.05, 0.1) is 6.61 Å². The second-order valence-corrected chi connectivity index (χ2v) is 4.44. The smallest absolute Gasteiger partial charge is 0.330 e. The first-order chi connectivity index (χ1) is 8.74. The molecule has 0 aliphatic heterocycles. The van der Waals surface area contributed by atoms with Gasteiger partial charge in [-0.25, -0.2) is 4.79 Å². The fourth-order valence-corrected chi connectivity index (χ4v) is 1.88. The Morgan fingerprint density at radius 2 is 1.94 bits per heavy atom. The summed E-state index contributed by atoms with van der Waals surface area (Å²) >= 11 is 0. The highest BCUT2D eigenvalue weighted by Gasteiger charge is 2.10. The summed E-state index contributed by atoms with van der Waals surface area (Å²) in [5.41, 5.74) is 0. The molecule has 0 aromatic heterocycles. The zero-order valence-electron chi connectivity index (χ0n) is 11.2. The molecule has 0 saturated heterocycles. The molecule has 18 heavy (non-hydrogen) atoms. The normalized spacial score (nSPS) is 17.0. The number of rotatable bonds is 6. The average Bonchev–Trinajstić information content (AvgIpc) is 2.63. The van der Waals surface area contributed by atoms with E-state index in [2.05, 4.69) is 31.2 Å². The van der Waals surface area contributed by atoms with E-state index in [0.29, 0.717) is 18.4 Å². The maximum absolute atomic E-state index is 11.1. The van der Waals surface area contributed by atoms with Gasteiger partial charge in [-0.2, -0.15) is 0 Å². The van der Waals surface area contributed by atoms with Crippen LogP contribution in [0.4, 0.5) is 0 Å². The molecule has 2 heteroatoms. The van der Waals surface area contributed by atoms with Crippen molar-refractivity contribution in [2.24, 2.45) is 11.8 Å². The van der Waals surface area contributed by atoms with Crippen LogP contribution in [0.1, 0.15) is 26.7 Å². The van der Waals surface area contributed by atoms with Crippen LogP contribution in [0.3, 0.4) is 0 Å². The van der Waals surface area contributed by atoms with Crippen molar-refractivity contribution in [2.45, 2.75) is 26.7 Å². The summed E-state index contributed by atoms with van der Waals surface area (Å²) in [7, 11) is 0. The minimum Gasteiger partial charge on any atom is -0.463 e. The Morgan fingerprint density at radius 1 is 1.28 bits per heavy atom. The molecule has 0 N–H and O–H groups in total. The van der Waals surface area contributed by atoms with Crippen LogP contribution in [-0.4, -0.2) is 12.6 Å². The monoisotopic (exact) mass is 246 g/mol. The van der Waals surface area contributed by atoms with E-state index in [0.717, 1.165) is 12.8 Å². The fourth-order valence-electron chi connectivity index (χ4n) is 1.88. The first kappa shape index (κ1) is 14.5. The van der Waals surface area contributed by atoms with Crippen LogP contribution < -0.4 is 0 Å². The van der Waals surface area contributed by atoms with E-state index in [1.807, 2.05) is 25.2 Å². The number of hydrogen-bond donors (Lipinski definition) is 0. The van der Waals surface area contributed by atoms with Crippen molar-refractivity contribution in [3.63, 3.8) is 0 Å². The van der Waals surface area contributed by atoms with Crippen molar-refractivity contribution >= 4 is 5.97 Å². The molecule has 0 spiro atoms. The minimum atomic E-state index is -0.247. The molecule has 0 bridgehead atoms. The zero-order valence-corrected chi connectivity index (χ0v) is 11.2. The Kier molecular flexibility index (Phi) is 6.85. The lowest BCUT2D eigenvalue weighted by Gasteiger charge is -2.16. The number of esters is 1. The lowest BCUT2D eigenvalue weighted by molar-refractivity contribution is -0.137. The summed E-state index contributed by atoms with van der Waals surface area (Å²) in [5.74, 6) is 0.809. The predicted molar refractivity (Wildman–Crippen MR) is 75.1 cm³/mol. The Hall–Kier alpha value is -1.57. The molecule has 1 unspecified atom stereocenters. The number of ether oxygens (including phenoxy) is 1. The van der Waals surface area contributed by atoms with Gasteiger partial charge in [0.2, 0.25) is 0 Å². The van der Waals surface area contributed by atoms with Crippen molar-refractivity contribution in [2.75, 3.05) is 6.61 Å². The van der Waals surface area contributed by atoms with Crippen molar-refractivity contribution in [1.82, 2.24) is 0 Å². The molecule has 2 nitrogen and oxygen atoms in total. The standard InChI is InChI=1S/C16H22O2/c1-3-18-16(17)13-9-8-10-14(2)15-11-6-4-5-7-12-15/h4-7,9,11-15H,3,8,10H2,1-2H3/b13-9+. The van der Waals surface area contributed by atoms with E-state index in [1.165, 1.54) is 6.08 Å². The molecule has 0 aromatic rings. The van der Waals surface area contributed by atoms with Gasteiger partial charge in [-0.15, -0.1) is 0 Å². The van der Waals surface area contributed by atoms with Gasteiger partial charge < -0.3 is 4.74 Å². The molecule has 0 fully saturated rings. The van der Waals surface area contributed by atoms with Crippen molar-refractivity contribution in [1.29, 1.82) is 0 Å². The lowest BCUT2D eigenvalue weighted by atomic mass is 9.89. The first-order valence-electron chi connectivity index (χ1n) is 6.59. The number of hydrogen-bond acceptors (Lipinski definition) is 2. The molecule has 0 radical (unpaired) electrons. The molecule has 1 rings (SSSR count). The molecule has 0 saturated carbocycles. The summed E-state index contributed by atoms with van der Waals surface area (Å²) in [4.78, 5) is 11.1. The third-order valence-corrected chi connectivity index (χ3v) is 2.99. The van der Waals surface area contributed by atoms with Gasteiger partial charge in [-0.1, -0.05) is 49.5 Å². The van der Waals surface area contributed by atoms with Crippen LogP contribution in [-0.2, 0) is 9.53 Å². The molecule has 0 heterocycles. The highest BCUT2D eigenvalue weighted by molar-refractivity contribution is 5.81. The number of allylic oxidation sites excluding steroid dienone is 7. The van der Waals surface area contributed by atoms with Crippen molar-refractivity contribution < 1.29 is 9.53 Å². The van der Waals surface area contributed by atoms with E-state index in [4.69, 9.17) is 4.74 Å². The van der Waals surface area contributed by atoms with Gasteiger partial charge in [0, 0.05) is 6.08 Å². The third-order valence-electron chi connectivity index (χ3n) is 2.99. The molecule has 1 atom stereocenters. The molecular formula is C16H22O2. The van der Waals surface area contributed by atoms with Crippen LogP contribution in [0, 0.1) is 11.8 Å². The molecule has 0 aromatic carbocycles. The quantitative estimate of drug-likeness (QED) is 0.526. The number of carbonyl (C=O) groups excluding carboxylic acids is 1. The highest BCUT2D eigenvalue weighted by Crippen LogP contribution is 2.21. The van der Waals surface area contributed by atoms with Crippen LogP contribution in [0.5, 0.6) is 0 Å². The highest BCUT2D eigenvalue weighted by atomic mass is 16.5. The van der Waals surface area contributed by atoms with Crippen LogP contribution in [0.15, 0.2) is 48.6 Å². The molecular weight excluding hydrogens is 224 g/mol. The van der Waals surface area contributed by atoms with Crippen molar-refractivity contribution in [3.8, 4) is 0 Å². The lowest BCUT2D eigenvalue weighted by Crippen LogP contribution is -2.06. The maximum Gasteiger partial charge on any atom is 0.330 e. The molecule has 1 aliphatic rings. The Morgan fingerprint density at radius 3 is 2.56 bits per heavy atom. The van der Waals surface area contributed by atoms with E-state index < -0.39 is 0 Å². The molecule has 1 aliphatic carbocycles. The first-order valence-corrected chi connectivity index (χ1v) is 6.59. The van der Waals surface area contributed by atoms with Gasteiger partial charge in [0.15, 0.2) is 0 Å². The van der Waals surface area contributed by atoms with Crippen LogP contribution >= 0.6 is 0 Å². The van der Waals surface area contributed by atoms with Crippen LogP contribution in [0.2, 0.25) is 0 Å². The Bertz CT molecular complexity index is 345. The van der Waals surface area contributed by atoms with Gasteiger partial charge in [-0.3, -0.25) is 0 Å².